The molecule has 0 spiro atoms. The molecule has 0 N–H and O–H groups in total. The van der Waals surface area contributed by atoms with Crippen LogP contribution in [0.2, 0.25) is 5.02 Å². The molecule has 0 aliphatic rings. The first-order chi connectivity index (χ1) is 9.58. The number of likely N-dealkylation sites (N-methyl/N-ethyl adjacent to an activating group) is 1. The lowest BCUT2D eigenvalue weighted by Gasteiger charge is -2.16. The van der Waals surface area contributed by atoms with Gasteiger partial charge in [-0.25, -0.2) is 0 Å². The maximum Gasteiger partial charge on any atom is 0.289 e. The number of furan rings is 1. The van der Waals surface area contributed by atoms with Crippen molar-refractivity contribution in [1.29, 1.82) is 0 Å². The Balaban J connectivity index is 1.83. The van der Waals surface area contributed by atoms with Gasteiger partial charge >= 0.3 is 0 Å². The monoisotopic (exact) mass is 293 g/mol. The van der Waals surface area contributed by atoms with Crippen LogP contribution >= 0.6 is 11.6 Å². The second-order valence-corrected chi connectivity index (χ2v) is 4.90. The summed E-state index contributed by atoms with van der Waals surface area (Å²) in [7, 11) is 1.72. The molecule has 20 heavy (non-hydrogen) atoms. The Labute approximate surface area is 122 Å². The predicted molar refractivity (Wildman–Crippen MR) is 77.4 cm³/mol. The molecule has 0 bridgehead atoms. The number of nitrogens with zero attached hydrogens (tertiary/aromatic N) is 1. The van der Waals surface area contributed by atoms with Gasteiger partial charge in [-0.15, -0.1) is 0 Å². The highest BCUT2D eigenvalue weighted by Crippen LogP contribution is 2.15. The molecular weight excluding hydrogens is 278 g/mol. The largest absolute Gasteiger partial charge is 0.492 e. The Bertz CT molecular complexity index is 577. The lowest BCUT2D eigenvalue weighted by atomic mass is 10.2. The number of hydrogen-bond donors (Lipinski definition) is 0. The SMILES string of the molecule is Cc1ccoc1C(=O)N(C)CCOc1ccc(Cl)cc1. The van der Waals surface area contributed by atoms with E-state index in [1.54, 1.807) is 42.3 Å². The maximum absolute atomic E-state index is 12.1. The van der Waals surface area contributed by atoms with Crippen LogP contribution in [-0.4, -0.2) is 31.0 Å². The lowest BCUT2D eigenvalue weighted by Crippen LogP contribution is -2.31. The summed E-state index contributed by atoms with van der Waals surface area (Å²) in [6.07, 6.45) is 1.51. The fraction of sp³-hybridized carbons (Fsp3) is 0.267. The van der Waals surface area contributed by atoms with E-state index in [4.69, 9.17) is 20.8 Å². The van der Waals surface area contributed by atoms with Crippen LogP contribution in [0.4, 0.5) is 0 Å². The highest BCUT2D eigenvalue weighted by Gasteiger charge is 2.17. The van der Waals surface area contributed by atoms with Crippen LogP contribution in [0.1, 0.15) is 16.1 Å². The fourth-order valence-electron chi connectivity index (χ4n) is 1.70. The van der Waals surface area contributed by atoms with E-state index >= 15 is 0 Å². The molecule has 0 aliphatic carbocycles. The molecule has 0 aliphatic heterocycles. The fourth-order valence-corrected chi connectivity index (χ4v) is 1.82. The minimum absolute atomic E-state index is 0.146. The summed E-state index contributed by atoms with van der Waals surface area (Å²) in [6, 6.07) is 8.88. The van der Waals surface area contributed by atoms with Gasteiger partial charge < -0.3 is 14.1 Å². The zero-order valence-electron chi connectivity index (χ0n) is 11.4. The van der Waals surface area contributed by atoms with Crippen LogP contribution in [0.3, 0.4) is 0 Å². The molecule has 2 aromatic rings. The molecule has 2 rings (SSSR count). The smallest absolute Gasteiger partial charge is 0.289 e. The molecule has 0 unspecified atom stereocenters. The van der Waals surface area contributed by atoms with E-state index in [1.807, 2.05) is 6.92 Å². The number of carbonyl (C=O) groups is 1. The van der Waals surface area contributed by atoms with Gasteiger partial charge in [0.1, 0.15) is 12.4 Å². The van der Waals surface area contributed by atoms with Crippen molar-refractivity contribution in [3.8, 4) is 5.75 Å². The average Bonchev–Trinajstić information content (AvgIpc) is 2.86. The van der Waals surface area contributed by atoms with E-state index in [9.17, 15) is 4.79 Å². The Kier molecular flexibility index (Phi) is 4.69. The summed E-state index contributed by atoms with van der Waals surface area (Å²) in [5.41, 5.74) is 0.834. The number of halogens is 1. The van der Waals surface area contributed by atoms with Crippen molar-refractivity contribution in [2.45, 2.75) is 6.92 Å². The van der Waals surface area contributed by atoms with E-state index in [-0.39, 0.29) is 5.91 Å². The van der Waals surface area contributed by atoms with Crippen molar-refractivity contribution in [2.75, 3.05) is 20.2 Å². The molecule has 0 fully saturated rings. The molecule has 4 nitrogen and oxygen atoms in total. The van der Waals surface area contributed by atoms with Crippen molar-refractivity contribution >= 4 is 17.5 Å². The van der Waals surface area contributed by atoms with Gasteiger partial charge in [0.25, 0.3) is 5.91 Å². The maximum atomic E-state index is 12.1. The number of amides is 1. The van der Waals surface area contributed by atoms with E-state index in [0.717, 1.165) is 11.3 Å². The first kappa shape index (κ1) is 14.5. The number of hydrogen-bond acceptors (Lipinski definition) is 3. The third-order valence-corrected chi connectivity index (χ3v) is 3.16. The Morgan fingerprint density at radius 1 is 1.30 bits per heavy atom. The summed E-state index contributed by atoms with van der Waals surface area (Å²) in [5.74, 6) is 0.954. The summed E-state index contributed by atoms with van der Waals surface area (Å²) in [5, 5.41) is 0.665. The van der Waals surface area contributed by atoms with Gasteiger partial charge in [-0.1, -0.05) is 11.6 Å². The molecule has 0 atom stereocenters. The molecule has 1 aromatic carbocycles. The number of ether oxygens (including phenoxy) is 1. The van der Waals surface area contributed by atoms with Gasteiger partial charge in [-0.2, -0.15) is 0 Å². The van der Waals surface area contributed by atoms with Crippen LogP contribution in [0.5, 0.6) is 5.75 Å². The number of aryl methyl sites for hydroxylation is 1. The zero-order chi connectivity index (χ0) is 14.5. The Morgan fingerprint density at radius 2 is 2.00 bits per heavy atom. The molecule has 0 radical (unpaired) electrons. The highest BCUT2D eigenvalue weighted by atomic mass is 35.5. The molecule has 0 saturated carbocycles. The quantitative estimate of drug-likeness (QED) is 0.848. The second-order valence-electron chi connectivity index (χ2n) is 4.46. The van der Waals surface area contributed by atoms with Gasteiger partial charge in [-0.05, 0) is 37.3 Å². The summed E-state index contributed by atoms with van der Waals surface area (Å²) >= 11 is 5.79. The van der Waals surface area contributed by atoms with Crippen molar-refractivity contribution in [2.24, 2.45) is 0 Å². The van der Waals surface area contributed by atoms with E-state index in [0.29, 0.717) is 23.9 Å². The standard InChI is InChI=1S/C15H16ClNO3/c1-11-7-9-20-14(11)15(18)17(2)8-10-19-13-5-3-12(16)4-6-13/h3-7,9H,8,10H2,1-2H3. The van der Waals surface area contributed by atoms with Crippen LogP contribution < -0.4 is 4.74 Å². The highest BCUT2D eigenvalue weighted by molar-refractivity contribution is 6.30. The Hall–Kier alpha value is -1.94. The molecule has 0 saturated heterocycles. The second kappa shape index (κ2) is 6.48. The summed E-state index contributed by atoms with van der Waals surface area (Å²) in [4.78, 5) is 13.6. The number of carbonyl (C=O) groups excluding carboxylic acids is 1. The van der Waals surface area contributed by atoms with Gasteiger partial charge in [0, 0.05) is 17.6 Å². The van der Waals surface area contributed by atoms with Crippen LogP contribution in [0.25, 0.3) is 0 Å². The number of benzene rings is 1. The van der Waals surface area contributed by atoms with Crippen LogP contribution in [0, 0.1) is 6.92 Å². The topological polar surface area (TPSA) is 42.7 Å². The molecular formula is C15H16ClNO3. The van der Waals surface area contributed by atoms with E-state index in [1.165, 1.54) is 6.26 Å². The molecule has 5 heteroatoms. The molecule has 1 aromatic heterocycles. The van der Waals surface area contributed by atoms with Gasteiger partial charge in [0.15, 0.2) is 5.76 Å². The van der Waals surface area contributed by atoms with Crippen molar-refractivity contribution in [3.63, 3.8) is 0 Å². The van der Waals surface area contributed by atoms with Gasteiger partial charge in [-0.3, -0.25) is 4.79 Å². The van der Waals surface area contributed by atoms with Gasteiger partial charge in [0.05, 0.1) is 12.8 Å². The van der Waals surface area contributed by atoms with Gasteiger partial charge in [0.2, 0.25) is 0 Å². The zero-order valence-corrected chi connectivity index (χ0v) is 12.2. The van der Waals surface area contributed by atoms with Crippen molar-refractivity contribution in [3.05, 3.63) is 52.9 Å². The third-order valence-electron chi connectivity index (χ3n) is 2.91. The minimum Gasteiger partial charge on any atom is -0.492 e. The lowest BCUT2D eigenvalue weighted by molar-refractivity contribution is 0.0741. The van der Waals surface area contributed by atoms with Crippen LogP contribution in [0.15, 0.2) is 41.0 Å². The summed E-state index contributed by atoms with van der Waals surface area (Å²) < 4.78 is 10.7. The van der Waals surface area contributed by atoms with Crippen molar-refractivity contribution < 1.29 is 13.9 Å². The number of rotatable bonds is 5. The minimum atomic E-state index is -0.146. The Morgan fingerprint density at radius 3 is 2.60 bits per heavy atom. The van der Waals surface area contributed by atoms with E-state index in [2.05, 4.69) is 0 Å². The average molecular weight is 294 g/mol. The first-order valence-electron chi connectivity index (χ1n) is 6.26. The normalized spacial score (nSPS) is 10.3. The summed E-state index contributed by atoms with van der Waals surface area (Å²) in [6.45, 7) is 2.72. The molecule has 1 amide bonds. The van der Waals surface area contributed by atoms with E-state index < -0.39 is 0 Å². The predicted octanol–water partition coefficient (Wildman–Crippen LogP) is 3.39. The third kappa shape index (κ3) is 3.54. The van der Waals surface area contributed by atoms with Crippen LogP contribution in [-0.2, 0) is 0 Å². The van der Waals surface area contributed by atoms with Crippen molar-refractivity contribution in [1.82, 2.24) is 4.90 Å². The molecule has 1 heterocycles. The molecule has 106 valence electrons. The first-order valence-corrected chi connectivity index (χ1v) is 6.63.